The minimum absolute atomic E-state index is 0.235. The van der Waals surface area contributed by atoms with Crippen LogP contribution in [-0.2, 0) is 13.0 Å². The molecule has 0 fully saturated rings. The first-order valence-electron chi connectivity index (χ1n) is 8.08. The molecule has 0 heterocycles. The Bertz CT molecular complexity index is 719. The number of hydrogen-bond donors (Lipinski definition) is 2. The fourth-order valence-electron chi connectivity index (χ4n) is 2.41. The van der Waals surface area contributed by atoms with Crippen LogP contribution in [0, 0.1) is 12.7 Å². The Morgan fingerprint density at radius 2 is 2.00 bits per heavy atom. The number of aryl methyl sites for hydroxylation is 2. The highest BCUT2D eigenvalue weighted by atomic mass is 35.5. The molecule has 0 aliphatic rings. The van der Waals surface area contributed by atoms with Crippen molar-refractivity contribution in [2.24, 2.45) is 0 Å². The molecule has 0 aromatic heterocycles. The van der Waals surface area contributed by atoms with Gasteiger partial charge in [0.15, 0.2) is 0 Å². The lowest BCUT2D eigenvalue weighted by Gasteiger charge is -2.12. The minimum Gasteiger partial charge on any atom is -0.334 e. The second kappa shape index (κ2) is 8.69. The van der Waals surface area contributed by atoms with Gasteiger partial charge in [-0.1, -0.05) is 43.1 Å². The van der Waals surface area contributed by atoms with Crippen molar-refractivity contribution in [1.82, 2.24) is 5.32 Å². The van der Waals surface area contributed by atoms with Gasteiger partial charge in [-0.25, -0.2) is 9.18 Å². The van der Waals surface area contributed by atoms with Crippen LogP contribution in [0.3, 0.4) is 0 Å². The Labute approximate surface area is 147 Å². The second-order valence-corrected chi connectivity index (χ2v) is 6.20. The lowest BCUT2D eigenvalue weighted by atomic mass is 10.0. The Morgan fingerprint density at radius 3 is 2.67 bits per heavy atom. The standard InChI is InChI=1S/C19H22ClFN2O/c1-3-4-5-14-6-9-18(13(2)10-14)23-19(24)22-12-15-7-8-16(21)11-17(15)20/h6-11H,3-5,12H2,1-2H3,(H2,22,23,24). The molecule has 2 aromatic carbocycles. The number of urea groups is 1. The molecule has 2 rings (SSSR count). The molecule has 0 radical (unpaired) electrons. The van der Waals surface area contributed by atoms with Crippen LogP contribution in [-0.4, -0.2) is 6.03 Å². The number of carbonyl (C=O) groups excluding carboxylic acids is 1. The van der Waals surface area contributed by atoms with E-state index in [-0.39, 0.29) is 12.6 Å². The van der Waals surface area contributed by atoms with Crippen LogP contribution < -0.4 is 10.6 Å². The molecule has 2 aromatic rings. The van der Waals surface area contributed by atoms with Crippen molar-refractivity contribution in [1.29, 1.82) is 0 Å². The topological polar surface area (TPSA) is 41.1 Å². The lowest BCUT2D eigenvalue weighted by molar-refractivity contribution is 0.251. The first-order chi connectivity index (χ1) is 11.5. The molecule has 0 aliphatic heterocycles. The van der Waals surface area contributed by atoms with Gasteiger partial charge in [0.05, 0.1) is 0 Å². The first kappa shape index (κ1) is 18.3. The Hall–Kier alpha value is -2.07. The number of benzene rings is 2. The number of anilines is 1. The summed E-state index contributed by atoms with van der Waals surface area (Å²) in [5.41, 5.74) is 3.75. The molecule has 128 valence electrons. The third-order valence-electron chi connectivity index (χ3n) is 3.81. The van der Waals surface area contributed by atoms with Crippen molar-refractivity contribution in [3.63, 3.8) is 0 Å². The number of nitrogens with one attached hydrogen (secondary N) is 2. The number of amides is 2. The zero-order chi connectivity index (χ0) is 17.5. The lowest BCUT2D eigenvalue weighted by Crippen LogP contribution is -2.28. The van der Waals surface area contributed by atoms with Crippen molar-refractivity contribution >= 4 is 23.3 Å². The van der Waals surface area contributed by atoms with Gasteiger partial charge in [0.2, 0.25) is 0 Å². The first-order valence-corrected chi connectivity index (χ1v) is 8.45. The molecule has 0 saturated carbocycles. The molecule has 0 aliphatic carbocycles. The summed E-state index contributed by atoms with van der Waals surface area (Å²) in [6.45, 7) is 4.38. The zero-order valence-corrected chi connectivity index (χ0v) is 14.7. The summed E-state index contributed by atoms with van der Waals surface area (Å²) < 4.78 is 13.0. The summed E-state index contributed by atoms with van der Waals surface area (Å²) >= 11 is 5.95. The van der Waals surface area contributed by atoms with Gasteiger partial charge in [-0.15, -0.1) is 0 Å². The smallest absolute Gasteiger partial charge is 0.319 e. The highest BCUT2D eigenvalue weighted by molar-refractivity contribution is 6.31. The molecular weight excluding hydrogens is 327 g/mol. The molecule has 3 nitrogen and oxygen atoms in total. The van der Waals surface area contributed by atoms with Crippen LogP contribution in [0.4, 0.5) is 14.9 Å². The van der Waals surface area contributed by atoms with Gasteiger partial charge < -0.3 is 10.6 Å². The fourth-order valence-corrected chi connectivity index (χ4v) is 2.64. The molecule has 24 heavy (non-hydrogen) atoms. The maximum atomic E-state index is 13.0. The highest BCUT2D eigenvalue weighted by Crippen LogP contribution is 2.19. The third-order valence-corrected chi connectivity index (χ3v) is 4.16. The molecule has 2 amide bonds. The quantitative estimate of drug-likeness (QED) is 0.715. The summed E-state index contributed by atoms with van der Waals surface area (Å²) in [6.07, 6.45) is 3.37. The van der Waals surface area contributed by atoms with E-state index in [2.05, 4.69) is 23.6 Å². The molecule has 0 atom stereocenters. The van der Waals surface area contributed by atoms with Crippen LogP contribution in [0.2, 0.25) is 5.02 Å². The van der Waals surface area contributed by atoms with E-state index in [1.165, 1.54) is 17.7 Å². The number of unbranched alkanes of at least 4 members (excludes halogenated alkanes) is 1. The Balaban J connectivity index is 1.92. The van der Waals surface area contributed by atoms with Crippen molar-refractivity contribution in [3.05, 3.63) is 63.9 Å². The molecule has 2 N–H and O–H groups in total. The summed E-state index contributed by atoms with van der Waals surface area (Å²) in [5.74, 6) is -0.396. The van der Waals surface area contributed by atoms with Crippen molar-refractivity contribution in [3.8, 4) is 0 Å². The summed E-state index contributed by atoms with van der Waals surface area (Å²) in [5, 5.41) is 5.85. The van der Waals surface area contributed by atoms with Gasteiger partial charge in [-0.05, 0) is 54.7 Å². The number of halogens is 2. The van der Waals surface area contributed by atoms with E-state index in [9.17, 15) is 9.18 Å². The SMILES string of the molecule is CCCCc1ccc(NC(=O)NCc2ccc(F)cc2Cl)c(C)c1. The Kier molecular flexibility index (Phi) is 6.62. The van der Waals surface area contributed by atoms with E-state index in [4.69, 9.17) is 11.6 Å². The highest BCUT2D eigenvalue weighted by Gasteiger charge is 2.07. The molecular formula is C19H22ClFN2O. The van der Waals surface area contributed by atoms with Crippen LogP contribution in [0.5, 0.6) is 0 Å². The van der Waals surface area contributed by atoms with Crippen LogP contribution in [0.1, 0.15) is 36.5 Å². The number of carbonyl (C=O) groups is 1. The van der Waals surface area contributed by atoms with E-state index in [0.29, 0.717) is 10.6 Å². The minimum atomic E-state index is -0.396. The third kappa shape index (κ3) is 5.24. The van der Waals surface area contributed by atoms with Gasteiger partial charge in [-0.2, -0.15) is 0 Å². The van der Waals surface area contributed by atoms with E-state index in [0.717, 1.165) is 30.5 Å². The average Bonchev–Trinajstić information content (AvgIpc) is 2.54. The van der Waals surface area contributed by atoms with Gasteiger partial charge in [0.1, 0.15) is 5.82 Å². The number of hydrogen-bond acceptors (Lipinski definition) is 1. The maximum absolute atomic E-state index is 13.0. The molecule has 0 saturated heterocycles. The number of rotatable bonds is 6. The predicted octanol–water partition coefficient (Wildman–Crippen LogP) is 5.45. The van der Waals surface area contributed by atoms with E-state index in [1.54, 1.807) is 6.07 Å². The predicted molar refractivity (Wildman–Crippen MR) is 97.1 cm³/mol. The monoisotopic (exact) mass is 348 g/mol. The van der Waals surface area contributed by atoms with Gasteiger partial charge >= 0.3 is 6.03 Å². The molecule has 0 unspecified atom stereocenters. The van der Waals surface area contributed by atoms with E-state index >= 15 is 0 Å². The van der Waals surface area contributed by atoms with Crippen molar-refractivity contribution < 1.29 is 9.18 Å². The van der Waals surface area contributed by atoms with Crippen LogP contribution in [0.25, 0.3) is 0 Å². The van der Waals surface area contributed by atoms with E-state index in [1.807, 2.05) is 19.1 Å². The molecule has 5 heteroatoms. The van der Waals surface area contributed by atoms with Crippen LogP contribution in [0.15, 0.2) is 36.4 Å². The second-order valence-electron chi connectivity index (χ2n) is 5.80. The van der Waals surface area contributed by atoms with Gasteiger partial charge in [-0.3, -0.25) is 0 Å². The summed E-state index contributed by atoms with van der Waals surface area (Å²) in [7, 11) is 0. The van der Waals surface area contributed by atoms with Crippen molar-refractivity contribution in [2.75, 3.05) is 5.32 Å². The molecule has 0 bridgehead atoms. The summed E-state index contributed by atoms with van der Waals surface area (Å²) in [6, 6.07) is 9.85. The van der Waals surface area contributed by atoms with Crippen LogP contribution >= 0.6 is 11.6 Å². The van der Waals surface area contributed by atoms with Gasteiger partial charge in [0, 0.05) is 17.3 Å². The maximum Gasteiger partial charge on any atom is 0.319 e. The largest absolute Gasteiger partial charge is 0.334 e. The van der Waals surface area contributed by atoms with Gasteiger partial charge in [0.25, 0.3) is 0 Å². The average molecular weight is 349 g/mol. The zero-order valence-electron chi connectivity index (χ0n) is 14.0. The normalized spacial score (nSPS) is 10.5. The molecule has 0 spiro atoms. The fraction of sp³-hybridized carbons (Fsp3) is 0.316. The summed E-state index contributed by atoms with van der Waals surface area (Å²) in [4.78, 5) is 12.0. The van der Waals surface area contributed by atoms with E-state index < -0.39 is 5.82 Å². The Morgan fingerprint density at radius 1 is 1.21 bits per heavy atom. The van der Waals surface area contributed by atoms with Crippen molar-refractivity contribution in [2.45, 2.75) is 39.7 Å².